The number of halogens is 2. The Morgan fingerprint density at radius 3 is 1.13 bits per heavy atom. The average Bonchev–Trinajstić information content (AvgIpc) is 2.61. The van der Waals surface area contributed by atoms with E-state index in [9.17, 15) is 9.59 Å². The van der Waals surface area contributed by atoms with E-state index in [1.165, 1.54) is 0 Å². The summed E-state index contributed by atoms with van der Waals surface area (Å²) in [6.07, 6.45) is 0. The summed E-state index contributed by atoms with van der Waals surface area (Å²) in [6.45, 7) is 12.4. The topological polar surface area (TPSA) is 52.6 Å². The number of carbonyl (C=O) groups excluding carboxylic acids is 2. The first-order valence-corrected chi connectivity index (χ1v) is 17.6. The Labute approximate surface area is 190 Å². The number of esters is 2. The van der Waals surface area contributed by atoms with Gasteiger partial charge in [-0.25, -0.2) is 0 Å². The highest BCUT2D eigenvalue weighted by molar-refractivity contribution is 6.87. The van der Waals surface area contributed by atoms with Crippen LogP contribution in [0.4, 0.5) is 0 Å². The van der Waals surface area contributed by atoms with Crippen molar-refractivity contribution in [3.05, 3.63) is 58.6 Å². The lowest BCUT2D eigenvalue weighted by atomic mass is 10.2. The molecule has 4 nitrogen and oxygen atoms in total. The third-order valence-electron chi connectivity index (χ3n) is 4.77. The number of carbonyl (C=O) groups is 2. The van der Waals surface area contributed by atoms with Crippen LogP contribution in [0.3, 0.4) is 0 Å². The Kier molecular flexibility index (Phi) is 7.96. The van der Waals surface area contributed by atoms with Crippen LogP contribution < -0.4 is 9.47 Å². The highest BCUT2D eigenvalue weighted by Gasteiger charge is 2.50. The first-order chi connectivity index (χ1) is 13.8. The van der Waals surface area contributed by atoms with Crippen LogP contribution in [-0.2, 0) is 9.59 Å². The molecule has 8 heteroatoms. The van der Waals surface area contributed by atoms with Gasteiger partial charge in [0, 0.05) is 10.0 Å². The van der Waals surface area contributed by atoms with Gasteiger partial charge in [0.05, 0.1) is 27.2 Å². The first-order valence-electron chi connectivity index (χ1n) is 9.73. The molecule has 0 aliphatic heterocycles. The van der Waals surface area contributed by atoms with E-state index in [2.05, 4.69) is 39.3 Å². The number of hydrogen-bond acceptors (Lipinski definition) is 4. The van der Waals surface area contributed by atoms with Crippen LogP contribution in [0, 0.1) is 0 Å². The third kappa shape index (κ3) is 6.70. The molecule has 0 aromatic heterocycles. The second-order valence-corrected chi connectivity index (χ2v) is 21.0. The maximum Gasteiger partial charge on any atom is 0.312 e. The van der Waals surface area contributed by atoms with Crippen molar-refractivity contribution in [3.63, 3.8) is 0 Å². The highest BCUT2D eigenvalue weighted by atomic mass is 35.5. The van der Waals surface area contributed by atoms with E-state index < -0.39 is 39.2 Å². The Balaban J connectivity index is 2.37. The number of benzene rings is 2. The van der Waals surface area contributed by atoms with Gasteiger partial charge in [-0.15, -0.1) is 0 Å². The molecule has 30 heavy (non-hydrogen) atoms. The summed E-state index contributed by atoms with van der Waals surface area (Å²) >= 11 is 11.8. The normalized spacial score (nSPS) is 14.0. The molecule has 0 bridgehead atoms. The summed E-state index contributed by atoms with van der Waals surface area (Å²) in [6, 6.07) is 13.3. The first kappa shape index (κ1) is 24.7. The van der Waals surface area contributed by atoms with E-state index in [-0.39, 0.29) is 0 Å². The smallest absolute Gasteiger partial charge is 0.312 e. The van der Waals surface area contributed by atoms with Crippen LogP contribution in [0.15, 0.2) is 48.5 Å². The molecular formula is C22H28Cl2O4Si2. The lowest BCUT2D eigenvalue weighted by Gasteiger charge is -2.38. The zero-order chi connectivity index (χ0) is 22.7. The fourth-order valence-corrected chi connectivity index (χ4v) is 10.4. The molecule has 0 N–H and O–H groups in total. The van der Waals surface area contributed by atoms with Gasteiger partial charge < -0.3 is 9.47 Å². The molecule has 0 heterocycles. The summed E-state index contributed by atoms with van der Waals surface area (Å²) in [5, 5.41) is 1.12. The van der Waals surface area contributed by atoms with Gasteiger partial charge in [0.1, 0.15) is 11.5 Å². The number of hydrogen-bond donors (Lipinski definition) is 0. The maximum absolute atomic E-state index is 13.3. The predicted molar refractivity (Wildman–Crippen MR) is 128 cm³/mol. The van der Waals surface area contributed by atoms with Crippen LogP contribution >= 0.6 is 23.2 Å². The molecule has 0 unspecified atom stereocenters. The van der Waals surface area contributed by atoms with E-state index in [0.29, 0.717) is 21.5 Å². The Bertz CT molecular complexity index is 810. The molecule has 162 valence electrons. The van der Waals surface area contributed by atoms with Gasteiger partial charge in [-0.3, -0.25) is 9.59 Å². The van der Waals surface area contributed by atoms with E-state index in [4.69, 9.17) is 32.7 Å². The Morgan fingerprint density at radius 1 is 0.633 bits per heavy atom. The summed E-state index contributed by atoms with van der Waals surface area (Å²) < 4.78 is 11.4. The molecule has 2 aromatic rings. The molecule has 0 saturated heterocycles. The van der Waals surface area contributed by atoms with Gasteiger partial charge in [-0.2, -0.15) is 0 Å². The van der Waals surface area contributed by atoms with Gasteiger partial charge >= 0.3 is 11.9 Å². The van der Waals surface area contributed by atoms with Gasteiger partial charge in [-0.05, 0) is 48.5 Å². The van der Waals surface area contributed by atoms with Crippen LogP contribution in [-0.4, -0.2) is 28.1 Å². The van der Waals surface area contributed by atoms with Crippen molar-refractivity contribution in [1.29, 1.82) is 0 Å². The van der Waals surface area contributed by atoms with Crippen molar-refractivity contribution < 1.29 is 19.1 Å². The number of rotatable bonds is 7. The minimum atomic E-state index is -2.16. The summed E-state index contributed by atoms with van der Waals surface area (Å²) in [4.78, 5) is 26.6. The standard InChI is InChI=1S/C22H28Cl2O4Si2/c1-29(2,3)19(21(25)27-17-11-7-15(23)8-12-17)20(30(4,5)6)22(26)28-18-13-9-16(24)10-14-18/h7-14,19-20H,1-6H3/t19-,20+. The van der Waals surface area contributed by atoms with E-state index >= 15 is 0 Å². The molecule has 0 aliphatic rings. The molecule has 0 aliphatic carbocycles. The van der Waals surface area contributed by atoms with Crippen molar-refractivity contribution in [3.8, 4) is 11.5 Å². The quantitative estimate of drug-likeness (QED) is 0.244. The van der Waals surface area contributed by atoms with Crippen LogP contribution in [0.5, 0.6) is 11.5 Å². The molecule has 0 radical (unpaired) electrons. The maximum atomic E-state index is 13.3. The molecule has 2 aromatic carbocycles. The monoisotopic (exact) mass is 482 g/mol. The Morgan fingerprint density at radius 2 is 0.900 bits per heavy atom. The highest BCUT2D eigenvalue weighted by Crippen LogP contribution is 2.43. The fourth-order valence-electron chi connectivity index (χ4n) is 3.34. The van der Waals surface area contributed by atoms with Gasteiger partial charge in [0.15, 0.2) is 0 Å². The third-order valence-corrected chi connectivity index (χ3v) is 10.5. The molecular weight excluding hydrogens is 455 g/mol. The molecule has 0 fully saturated rings. The minimum absolute atomic E-state index is 0.392. The fraction of sp³-hybridized carbons (Fsp3) is 0.364. The van der Waals surface area contributed by atoms with Crippen molar-refractivity contribution >= 4 is 51.3 Å². The summed E-state index contributed by atoms with van der Waals surface area (Å²) in [5.74, 6) is 0.0371. The van der Waals surface area contributed by atoms with Crippen molar-refractivity contribution in [2.45, 2.75) is 50.4 Å². The van der Waals surface area contributed by atoms with Crippen LogP contribution in [0.1, 0.15) is 0 Å². The van der Waals surface area contributed by atoms with Crippen LogP contribution in [0.25, 0.3) is 0 Å². The van der Waals surface area contributed by atoms with Crippen molar-refractivity contribution in [1.82, 2.24) is 0 Å². The average molecular weight is 484 g/mol. The second-order valence-electron chi connectivity index (χ2n) is 9.44. The minimum Gasteiger partial charge on any atom is -0.427 e. The van der Waals surface area contributed by atoms with Gasteiger partial charge in [0.2, 0.25) is 0 Å². The molecule has 0 saturated carbocycles. The molecule has 2 rings (SSSR count). The van der Waals surface area contributed by atoms with Gasteiger partial charge in [-0.1, -0.05) is 62.5 Å². The zero-order valence-electron chi connectivity index (χ0n) is 18.2. The van der Waals surface area contributed by atoms with Crippen molar-refractivity contribution in [2.24, 2.45) is 0 Å². The van der Waals surface area contributed by atoms with Gasteiger partial charge in [0.25, 0.3) is 0 Å². The number of ether oxygens (including phenoxy) is 2. The molecule has 0 spiro atoms. The largest absolute Gasteiger partial charge is 0.427 e. The van der Waals surface area contributed by atoms with E-state index in [0.717, 1.165) is 0 Å². The summed E-state index contributed by atoms with van der Waals surface area (Å²) in [7, 11) is -4.33. The predicted octanol–water partition coefficient (Wildman–Crippen LogP) is 6.92. The van der Waals surface area contributed by atoms with Crippen molar-refractivity contribution in [2.75, 3.05) is 0 Å². The summed E-state index contributed by atoms with van der Waals surface area (Å²) in [5.41, 5.74) is -1.08. The lowest BCUT2D eigenvalue weighted by molar-refractivity contribution is -0.140. The molecule has 2 atom stereocenters. The Hall–Kier alpha value is -1.61. The molecule has 0 amide bonds. The van der Waals surface area contributed by atoms with E-state index in [1.807, 2.05) is 0 Å². The SMILES string of the molecule is C[Si](C)(C)[C@H](C(=O)Oc1ccc(Cl)cc1)[C@H](C(=O)Oc1ccc(Cl)cc1)[Si](C)(C)C. The second kappa shape index (κ2) is 9.68. The zero-order valence-corrected chi connectivity index (χ0v) is 21.7. The lowest BCUT2D eigenvalue weighted by Crippen LogP contribution is -2.49. The van der Waals surface area contributed by atoms with Crippen LogP contribution in [0.2, 0.25) is 60.4 Å². The van der Waals surface area contributed by atoms with E-state index in [1.54, 1.807) is 48.5 Å².